The largest absolute Gasteiger partial charge is 0.488 e. The first-order valence-corrected chi connectivity index (χ1v) is 10.8. The van der Waals surface area contributed by atoms with Crippen LogP contribution in [0.1, 0.15) is 29.8 Å². The zero-order valence-corrected chi connectivity index (χ0v) is 17.9. The molecule has 1 aliphatic heterocycles. The SMILES string of the molecule is CN(C)S(=O)(=O)c1cccc(C(=O)NCCOc2cccc3c2OC(C)(C)C3)c1. The average Bonchev–Trinajstić information content (AvgIpc) is 2.99. The predicted molar refractivity (Wildman–Crippen MR) is 110 cm³/mol. The van der Waals surface area contributed by atoms with Gasteiger partial charge in [0.05, 0.1) is 11.4 Å². The molecule has 0 spiro atoms. The van der Waals surface area contributed by atoms with Gasteiger partial charge in [0.1, 0.15) is 12.2 Å². The minimum absolute atomic E-state index is 0.0750. The Morgan fingerprint density at radius 1 is 1.21 bits per heavy atom. The van der Waals surface area contributed by atoms with Gasteiger partial charge in [0.2, 0.25) is 10.0 Å². The molecule has 7 nitrogen and oxygen atoms in total. The molecule has 0 unspecified atom stereocenters. The third-order valence-electron chi connectivity index (χ3n) is 4.57. The van der Waals surface area contributed by atoms with Gasteiger partial charge in [0.25, 0.3) is 5.91 Å². The molecule has 1 amide bonds. The van der Waals surface area contributed by atoms with Crippen molar-refractivity contribution < 1.29 is 22.7 Å². The first kappa shape index (κ1) is 21.1. The van der Waals surface area contributed by atoms with Crippen LogP contribution in [0.25, 0.3) is 0 Å². The van der Waals surface area contributed by atoms with Gasteiger partial charge in [-0.3, -0.25) is 4.79 Å². The van der Waals surface area contributed by atoms with Crippen LogP contribution in [0, 0.1) is 0 Å². The summed E-state index contributed by atoms with van der Waals surface area (Å²) in [5.41, 5.74) is 1.13. The molecule has 0 aromatic heterocycles. The van der Waals surface area contributed by atoms with Crippen LogP contribution in [0.2, 0.25) is 0 Å². The minimum atomic E-state index is -3.59. The van der Waals surface area contributed by atoms with Crippen molar-refractivity contribution in [3.05, 3.63) is 53.6 Å². The van der Waals surface area contributed by atoms with Gasteiger partial charge in [0.15, 0.2) is 11.5 Å². The van der Waals surface area contributed by atoms with E-state index < -0.39 is 10.0 Å². The van der Waals surface area contributed by atoms with E-state index in [9.17, 15) is 13.2 Å². The Kier molecular flexibility index (Phi) is 5.86. The normalized spacial score (nSPS) is 14.9. The lowest BCUT2D eigenvalue weighted by Crippen LogP contribution is -2.29. The smallest absolute Gasteiger partial charge is 0.251 e. The van der Waals surface area contributed by atoms with Crippen molar-refractivity contribution in [3.8, 4) is 11.5 Å². The van der Waals surface area contributed by atoms with Crippen molar-refractivity contribution in [3.63, 3.8) is 0 Å². The second-order valence-electron chi connectivity index (χ2n) is 7.70. The van der Waals surface area contributed by atoms with Crippen LogP contribution < -0.4 is 14.8 Å². The molecule has 0 saturated heterocycles. The summed E-state index contributed by atoms with van der Waals surface area (Å²) in [4.78, 5) is 12.5. The summed E-state index contributed by atoms with van der Waals surface area (Å²) < 4.78 is 37.3. The monoisotopic (exact) mass is 418 g/mol. The highest BCUT2D eigenvalue weighted by atomic mass is 32.2. The molecule has 156 valence electrons. The third-order valence-corrected chi connectivity index (χ3v) is 6.39. The summed E-state index contributed by atoms with van der Waals surface area (Å²) in [6.07, 6.45) is 0.822. The molecule has 3 rings (SSSR count). The minimum Gasteiger partial charge on any atom is -0.488 e. The Labute approximate surface area is 171 Å². The molecular weight excluding hydrogens is 392 g/mol. The summed E-state index contributed by atoms with van der Waals surface area (Å²) in [5, 5.41) is 2.75. The standard InChI is InChI=1S/C21H26N2O5S/c1-21(2)14-16-8-6-10-18(19(16)28-21)27-12-11-22-20(24)15-7-5-9-17(13-15)29(25,26)23(3)4/h5-10,13H,11-12,14H2,1-4H3,(H,22,24). The van der Waals surface area contributed by atoms with Crippen LogP contribution in [0.3, 0.4) is 0 Å². The average molecular weight is 419 g/mol. The molecule has 1 N–H and O–H groups in total. The number of para-hydroxylation sites is 1. The quantitative estimate of drug-likeness (QED) is 0.698. The van der Waals surface area contributed by atoms with Crippen molar-refractivity contribution in [2.75, 3.05) is 27.2 Å². The van der Waals surface area contributed by atoms with Crippen LogP contribution >= 0.6 is 0 Å². The molecule has 0 aliphatic carbocycles. The molecule has 0 saturated carbocycles. The van der Waals surface area contributed by atoms with Gasteiger partial charge in [-0.1, -0.05) is 18.2 Å². The molecule has 0 fully saturated rings. The number of hydrogen-bond acceptors (Lipinski definition) is 5. The predicted octanol–water partition coefficient (Wildman–Crippen LogP) is 2.46. The molecule has 0 atom stereocenters. The van der Waals surface area contributed by atoms with Crippen molar-refractivity contribution in [2.24, 2.45) is 0 Å². The molecule has 0 bridgehead atoms. The van der Waals surface area contributed by atoms with Gasteiger partial charge in [-0.2, -0.15) is 0 Å². The fraction of sp³-hybridized carbons (Fsp3) is 0.381. The number of benzene rings is 2. The van der Waals surface area contributed by atoms with E-state index in [1.807, 2.05) is 32.0 Å². The van der Waals surface area contributed by atoms with Crippen LogP contribution in [0.5, 0.6) is 11.5 Å². The molecule has 2 aromatic carbocycles. The maximum atomic E-state index is 12.4. The van der Waals surface area contributed by atoms with Gasteiger partial charge in [-0.25, -0.2) is 12.7 Å². The molecule has 2 aromatic rings. The molecule has 1 aliphatic rings. The number of sulfonamides is 1. The highest BCUT2D eigenvalue weighted by Crippen LogP contribution is 2.41. The molecular formula is C21H26N2O5S. The number of fused-ring (bicyclic) bond motifs is 1. The second kappa shape index (κ2) is 8.04. The highest BCUT2D eigenvalue weighted by molar-refractivity contribution is 7.89. The van der Waals surface area contributed by atoms with Crippen LogP contribution in [0.15, 0.2) is 47.4 Å². The highest BCUT2D eigenvalue weighted by Gasteiger charge is 2.32. The fourth-order valence-electron chi connectivity index (χ4n) is 3.14. The van der Waals surface area contributed by atoms with E-state index in [4.69, 9.17) is 9.47 Å². The second-order valence-corrected chi connectivity index (χ2v) is 9.85. The van der Waals surface area contributed by atoms with E-state index in [0.29, 0.717) is 5.75 Å². The van der Waals surface area contributed by atoms with E-state index >= 15 is 0 Å². The van der Waals surface area contributed by atoms with E-state index in [2.05, 4.69) is 5.32 Å². The zero-order valence-electron chi connectivity index (χ0n) is 17.1. The number of carbonyl (C=O) groups excluding carboxylic acids is 1. The van der Waals surface area contributed by atoms with E-state index in [1.165, 1.54) is 26.2 Å². The molecule has 1 heterocycles. The van der Waals surface area contributed by atoms with Crippen molar-refractivity contribution in [1.82, 2.24) is 9.62 Å². The number of hydrogen-bond donors (Lipinski definition) is 1. The maximum Gasteiger partial charge on any atom is 0.251 e. The Bertz CT molecular complexity index is 1020. The summed E-state index contributed by atoms with van der Waals surface area (Å²) in [7, 11) is -0.697. The van der Waals surface area contributed by atoms with Gasteiger partial charge < -0.3 is 14.8 Å². The van der Waals surface area contributed by atoms with Crippen LogP contribution in [0.4, 0.5) is 0 Å². The Balaban J connectivity index is 1.58. The number of amides is 1. The fourth-order valence-corrected chi connectivity index (χ4v) is 4.09. The third kappa shape index (κ3) is 4.71. The van der Waals surface area contributed by atoms with Gasteiger partial charge in [-0.15, -0.1) is 0 Å². The molecule has 8 heteroatoms. The van der Waals surface area contributed by atoms with Gasteiger partial charge >= 0.3 is 0 Å². The lowest BCUT2D eigenvalue weighted by atomic mass is 10.0. The molecule has 29 heavy (non-hydrogen) atoms. The summed E-state index contributed by atoms with van der Waals surface area (Å²) in [5.74, 6) is 1.05. The topological polar surface area (TPSA) is 84.9 Å². The number of rotatable bonds is 7. The first-order chi connectivity index (χ1) is 13.6. The molecule has 0 radical (unpaired) electrons. The Morgan fingerprint density at radius 3 is 2.66 bits per heavy atom. The van der Waals surface area contributed by atoms with E-state index in [1.54, 1.807) is 12.1 Å². The van der Waals surface area contributed by atoms with E-state index in [0.717, 1.165) is 22.0 Å². The van der Waals surface area contributed by atoms with E-state index in [-0.39, 0.29) is 35.1 Å². The summed E-state index contributed by atoms with van der Waals surface area (Å²) >= 11 is 0. The summed E-state index contributed by atoms with van der Waals surface area (Å²) in [6, 6.07) is 11.7. The van der Waals surface area contributed by atoms with Crippen LogP contribution in [-0.2, 0) is 16.4 Å². The van der Waals surface area contributed by atoms with Crippen molar-refractivity contribution >= 4 is 15.9 Å². The van der Waals surface area contributed by atoms with Gasteiger partial charge in [-0.05, 0) is 38.1 Å². The number of carbonyl (C=O) groups is 1. The van der Waals surface area contributed by atoms with Crippen LogP contribution in [-0.4, -0.2) is 51.5 Å². The maximum absolute atomic E-state index is 12.4. The summed E-state index contributed by atoms with van der Waals surface area (Å²) in [6.45, 7) is 4.60. The Hall–Kier alpha value is -2.58. The Morgan fingerprint density at radius 2 is 1.93 bits per heavy atom. The number of nitrogens with one attached hydrogen (secondary N) is 1. The number of ether oxygens (including phenoxy) is 2. The lowest BCUT2D eigenvalue weighted by molar-refractivity contribution is 0.0946. The zero-order chi connectivity index (χ0) is 21.2. The van der Waals surface area contributed by atoms with Gasteiger partial charge in [0, 0.05) is 31.6 Å². The van der Waals surface area contributed by atoms with Crippen molar-refractivity contribution in [2.45, 2.75) is 30.8 Å². The first-order valence-electron chi connectivity index (χ1n) is 9.35. The van der Waals surface area contributed by atoms with Crippen molar-refractivity contribution in [1.29, 1.82) is 0 Å². The lowest BCUT2D eigenvalue weighted by Gasteiger charge is -2.18. The number of nitrogens with zero attached hydrogens (tertiary/aromatic N) is 1.